The Hall–Kier alpha value is -0.390. The van der Waals surface area contributed by atoms with E-state index in [1.807, 2.05) is 7.05 Å². The average molecular weight is 359 g/mol. The highest BCUT2D eigenvalue weighted by molar-refractivity contribution is 14.1. The maximum atomic E-state index is 4.72. The van der Waals surface area contributed by atoms with E-state index < -0.39 is 0 Å². The highest BCUT2D eigenvalue weighted by Gasteiger charge is 2.25. The monoisotopic (exact) mass is 359 g/mol. The first-order valence-electron chi connectivity index (χ1n) is 6.87. The van der Waals surface area contributed by atoms with Crippen LogP contribution in [0.25, 0.3) is 0 Å². The van der Waals surface area contributed by atoms with Crippen LogP contribution in [0, 0.1) is 16.4 Å². The van der Waals surface area contributed by atoms with Gasteiger partial charge in [0.2, 0.25) is 0 Å². The molecule has 0 aliphatic heterocycles. The van der Waals surface area contributed by atoms with E-state index in [9.17, 15) is 0 Å². The third-order valence-corrected chi connectivity index (χ3v) is 5.29. The molecule has 100 valence electrons. The van der Waals surface area contributed by atoms with Gasteiger partial charge in [-0.25, -0.2) is 9.97 Å². The summed E-state index contributed by atoms with van der Waals surface area (Å²) in [5.41, 5.74) is 1.10. The minimum absolute atomic E-state index is 0.562. The van der Waals surface area contributed by atoms with Crippen LogP contribution in [0.1, 0.15) is 56.5 Å². The van der Waals surface area contributed by atoms with Crippen LogP contribution in [0.2, 0.25) is 0 Å². The van der Waals surface area contributed by atoms with Crippen molar-refractivity contribution in [2.24, 2.45) is 5.92 Å². The fourth-order valence-corrected chi connectivity index (χ4v) is 3.34. The zero-order valence-electron chi connectivity index (χ0n) is 11.5. The first-order valence-corrected chi connectivity index (χ1v) is 7.95. The highest BCUT2D eigenvalue weighted by atomic mass is 127. The number of hydrogen-bond donors (Lipinski definition) is 1. The Labute approximate surface area is 123 Å². The molecular formula is C14H22IN3. The summed E-state index contributed by atoms with van der Waals surface area (Å²) >= 11 is 2.32. The number of nitrogens with zero attached hydrogens (tertiary/aromatic N) is 2. The van der Waals surface area contributed by atoms with Crippen LogP contribution in [-0.2, 0) is 0 Å². The van der Waals surface area contributed by atoms with Gasteiger partial charge in [0.1, 0.15) is 11.6 Å². The van der Waals surface area contributed by atoms with Crippen molar-refractivity contribution < 1.29 is 0 Å². The first-order chi connectivity index (χ1) is 8.65. The van der Waals surface area contributed by atoms with E-state index >= 15 is 0 Å². The molecule has 2 atom stereocenters. The normalized spacial score (nSPS) is 24.0. The second-order valence-electron chi connectivity index (χ2n) is 5.22. The molecular weight excluding hydrogens is 337 g/mol. The van der Waals surface area contributed by atoms with E-state index in [-0.39, 0.29) is 0 Å². The van der Waals surface area contributed by atoms with Gasteiger partial charge in [-0.2, -0.15) is 0 Å². The van der Waals surface area contributed by atoms with Crippen molar-refractivity contribution in [1.29, 1.82) is 0 Å². The lowest BCUT2D eigenvalue weighted by molar-refractivity contribution is 0.307. The molecule has 0 amide bonds. The van der Waals surface area contributed by atoms with Gasteiger partial charge in [-0.15, -0.1) is 0 Å². The van der Waals surface area contributed by atoms with Crippen molar-refractivity contribution in [3.05, 3.63) is 15.1 Å². The summed E-state index contributed by atoms with van der Waals surface area (Å²) in [7, 11) is 1.93. The molecule has 1 aromatic heterocycles. The van der Waals surface area contributed by atoms with Gasteiger partial charge in [0.25, 0.3) is 0 Å². The Morgan fingerprint density at radius 3 is 2.78 bits per heavy atom. The molecule has 2 rings (SSSR count). The predicted molar refractivity (Wildman–Crippen MR) is 84.0 cm³/mol. The molecule has 0 spiro atoms. The number of anilines is 1. The fourth-order valence-electron chi connectivity index (χ4n) is 2.83. The summed E-state index contributed by atoms with van der Waals surface area (Å²) in [6, 6.07) is 0. The summed E-state index contributed by atoms with van der Waals surface area (Å²) in [5.74, 6) is 3.46. The Balaban J connectivity index is 2.24. The smallest absolute Gasteiger partial charge is 0.143 e. The third kappa shape index (κ3) is 2.95. The first kappa shape index (κ1) is 14.0. The van der Waals surface area contributed by atoms with Crippen molar-refractivity contribution in [3.8, 4) is 0 Å². The van der Waals surface area contributed by atoms with E-state index in [2.05, 4.69) is 41.8 Å². The molecule has 0 radical (unpaired) electrons. The molecule has 1 aliphatic rings. The van der Waals surface area contributed by atoms with Crippen molar-refractivity contribution in [2.75, 3.05) is 12.4 Å². The largest absolute Gasteiger partial charge is 0.372 e. The van der Waals surface area contributed by atoms with Gasteiger partial charge < -0.3 is 5.32 Å². The molecule has 2 unspecified atom stereocenters. The maximum absolute atomic E-state index is 4.72. The molecule has 1 aromatic rings. The number of halogens is 1. The van der Waals surface area contributed by atoms with E-state index in [0.717, 1.165) is 26.8 Å². The standard InChI is InChI=1S/C14H22IN3/c1-4-10-6-5-7-11(8-10)13-17-9(2)12(15)14(16-3)18-13/h10-11H,4-8H2,1-3H3,(H,16,17,18). The topological polar surface area (TPSA) is 37.8 Å². The Bertz CT molecular complexity index is 420. The lowest BCUT2D eigenvalue weighted by atomic mass is 9.80. The van der Waals surface area contributed by atoms with Crippen molar-refractivity contribution >= 4 is 28.4 Å². The zero-order chi connectivity index (χ0) is 13.1. The lowest BCUT2D eigenvalue weighted by Crippen LogP contribution is -2.17. The number of rotatable bonds is 3. The van der Waals surface area contributed by atoms with E-state index in [0.29, 0.717) is 5.92 Å². The molecule has 1 aliphatic carbocycles. The van der Waals surface area contributed by atoms with E-state index in [4.69, 9.17) is 9.97 Å². The Morgan fingerprint density at radius 1 is 1.33 bits per heavy atom. The van der Waals surface area contributed by atoms with Gasteiger partial charge >= 0.3 is 0 Å². The Kier molecular flexibility index (Phi) is 4.81. The molecule has 0 saturated heterocycles. The third-order valence-electron chi connectivity index (χ3n) is 4.00. The second kappa shape index (κ2) is 6.17. The van der Waals surface area contributed by atoms with Gasteiger partial charge in [-0.05, 0) is 48.3 Å². The fraction of sp³-hybridized carbons (Fsp3) is 0.714. The maximum Gasteiger partial charge on any atom is 0.143 e. The molecule has 4 heteroatoms. The van der Waals surface area contributed by atoms with Gasteiger partial charge in [0.15, 0.2) is 0 Å². The van der Waals surface area contributed by atoms with Crippen LogP contribution in [0.15, 0.2) is 0 Å². The second-order valence-corrected chi connectivity index (χ2v) is 6.30. The quantitative estimate of drug-likeness (QED) is 0.826. The van der Waals surface area contributed by atoms with Crippen LogP contribution >= 0.6 is 22.6 Å². The van der Waals surface area contributed by atoms with Crippen LogP contribution in [0.5, 0.6) is 0 Å². The Morgan fingerprint density at radius 2 is 2.11 bits per heavy atom. The van der Waals surface area contributed by atoms with Crippen LogP contribution in [0.3, 0.4) is 0 Å². The minimum Gasteiger partial charge on any atom is -0.372 e. The van der Waals surface area contributed by atoms with Crippen LogP contribution < -0.4 is 5.32 Å². The molecule has 1 N–H and O–H groups in total. The van der Waals surface area contributed by atoms with Gasteiger partial charge in [0, 0.05) is 13.0 Å². The summed E-state index contributed by atoms with van der Waals surface area (Å²) in [5, 5.41) is 3.18. The zero-order valence-corrected chi connectivity index (χ0v) is 13.6. The van der Waals surface area contributed by atoms with Crippen molar-refractivity contribution in [3.63, 3.8) is 0 Å². The predicted octanol–water partition coefficient (Wildman–Crippen LogP) is 4.12. The molecule has 0 bridgehead atoms. The molecule has 1 fully saturated rings. The minimum atomic E-state index is 0.562. The molecule has 1 saturated carbocycles. The molecule has 3 nitrogen and oxygen atoms in total. The van der Waals surface area contributed by atoms with E-state index in [1.54, 1.807) is 0 Å². The van der Waals surface area contributed by atoms with Gasteiger partial charge in [-0.3, -0.25) is 0 Å². The average Bonchev–Trinajstić information content (AvgIpc) is 2.41. The number of aryl methyl sites for hydroxylation is 1. The summed E-state index contributed by atoms with van der Waals surface area (Å²) in [4.78, 5) is 9.43. The number of hydrogen-bond acceptors (Lipinski definition) is 3. The molecule has 1 heterocycles. The highest BCUT2D eigenvalue weighted by Crippen LogP contribution is 2.36. The summed E-state index contributed by atoms with van der Waals surface area (Å²) < 4.78 is 1.14. The number of aromatic nitrogens is 2. The van der Waals surface area contributed by atoms with Crippen molar-refractivity contribution in [1.82, 2.24) is 9.97 Å². The van der Waals surface area contributed by atoms with Crippen molar-refractivity contribution in [2.45, 2.75) is 51.9 Å². The van der Waals surface area contributed by atoms with E-state index in [1.165, 1.54) is 32.1 Å². The van der Waals surface area contributed by atoms with Crippen LogP contribution in [-0.4, -0.2) is 17.0 Å². The summed E-state index contributed by atoms with van der Waals surface area (Å²) in [6.45, 7) is 4.38. The van der Waals surface area contributed by atoms with Gasteiger partial charge in [0.05, 0.1) is 9.26 Å². The molecule has 0 aromatic carbocycles. The lowest BCUT2D eigenvalue weighted by Gasteiger charge is -2.27. The van der Waals surface area contributed by atoms with Gasteiger partial charge in [-0.1, -0.05) is 26.2 Å². The number of nitrogens with one attached hydrogen (secondary N) is 1. The SMILES string of the molecule is CCC1CCCC(c2nc(C)c(I)c(NC)n2)C1. The summed E-state index contributed by atoms with van der Waals surface area (Å²) in [6.07, 6.45) is 6.51. The van der Waals surface area contributed by atoms with Crippen LogP contribution in [0.4, 0.5) is 5.82 Å². The molecule has 18 heavy (non-hydrogen) atoms.